The van der Waals surface area contributed by atoms with E-state index >= 15 is 0 Å². The Kier molecular flexibility index (Phi) is 7.85. The number of nitrogens with zero attached hydrogens (tertiary/aromatic N) is 1. The van der Waals surface area contributed by atoms with Crippen LogP contribution in [0.25, 0.3) is 77.2 Å². The van der Waals surface area contributed by atoms with E-state index in [0.29, 0.717) is 0 Å². The van der Waals surface area contributed by atoms with Crippen LogP contribution < -0.4 is 4.90 Å². The molecule has 2 nitrogen and oxygen atoms in total. The quantitative estimate of drug-likeness (QED) is 0.166. The summed E-state index contributed by atoms with van der Waals surface area (Å²) in [4.78, 5) is 2.38. The van der Waals surface area contributed by atoms with Gasteiger partial charge in [-0.1, -0.05) is 170 Å². The average molecular weight is 690 g/mol. The number of anilines is 3. The Labute approximate surface area is 314 Å². The van der Waals surface area contributed by atoms with E-state index in [0.717, 1.165) is 55.3 Å². The zero-order chi connectivity index (χ0) is 35.8. The first-order valence-corrected chi connectivity index (χ1v) is 18.4. The minimum absolute atomic E-state index is 0.853. The number of rotatable bonds is 7. The fourth-order valence-corrected chi connectivity index (χ4v) is 7.94. The maximum Gasteiger partial charge on any atom is 0.143 e. The summed E-state index contributed by atoms with van der Waals surface area (Å²) in [6.45, 7) is 0. The van der Waals surface area contributed by atoms with Crippen molar-refractivity contribution in [3.8, 4) is 44.5 Å². The summed E-state index contributed by atoms with van der Waals surface area (Å²) in [6, 6.07) is 75.7. The van der Waals surface area contributed by atoms with Crippen molar-refractivity contribution in [2.24, 2.45) is 0 Å². The van der Waals surface area contributed by atoms with Crippen LogP contribution in [0.5, 0.6) is 0 Å². The molecule has 0 spiro atoms. The highest BCUT2D eigenvalue weighted by Gasteiger charge is 2.23. The van der Waals surface area contributed by atoms with E-state index in [9.17, 15) is 0 Å². The van der Waals surface area contributed by atoms with Crippen molar-refractivity contribution < 1.29 is 4.42 Å². The lowest BCUT2D eigenvalue weighted by Crippen LogP contribution is -2.10. The minimum Gasteiger partial charge on any atom is -0.455 e. The van der Waals surface area contributed by atoms with Crippen LogP contribution in [0.1, 0.15) is 0 Å². The molecule has 0 aliphatic heterocycles. The third kappa shape index (κ3) is 5.53. The van der Waals surface area contributed by atoms with Crippen molar-refractivity contribution in [2.75, 3.05) is 4.90 Å². The highest BCUT2D eigenvalue weighted by Crippen LogP contribution is 2.47. The fraction of sp³-hybridized carbons (Fsp3) is 0. The van der Waals surface area contributed by atoms with E-state index in [1.54, 1.807) is 0 Å². The van der Waals surface area contributed by atoms with E-state index in [1.807, 2.05) is 0 Å². The van der Waals surface area contributed by atoms with Crippen LogP contribution in [-0.2, 0) is 0 Å². The van der Waals surface area contributed by atoms with E-state index in [4.69, 9.17) is 4.42 Å². The van der Waals surface area contributed by atoms with E-state index in [1.165, 1.54) is 38.9 Å². The molecule has 2 heteroatoms. The third-order valence-corrected chi connectivity index (χ3v) is 10.5. The molecule has 10 rings (SSSR count). The SMILES string of the molecule is c1ccc(-c2ccc(N(c3cccc(-c4ccccc4)c3)c3cccc4oc5c6ccccc6c(-c6ccccc6-c6ccccc6)cc5c34)cc2)cc1. The van der Waals surface area contributed by atoms with Crippen LogP contribution in [0.15, 0.2) is 217 Å². The second kappa shape index (κ2) is 13.4. The zero-order valence-electron chi connectivity index (χ0n) is 29.6. The summed E-state index contributed by atoms with van der Waals surface area (Å²) in [5.41, 5.74) is 14.4. The predicted molar refractivity (Wildman–Crippen MR) is 228 cm³/mol. The normalized spacial score (nSPS) is 11.3. The van der Waals surface area contributed by atoms with Crippen LogP contribution in [0.2, 0.25) is 0 Å². The summed E-state index contributed by atoms with van der Waals surface area (Å²) < 4.78 is 6.88. The Balaban J connectivity index is 1.24. The van der Waals surface area contributed by atoms with Gasteiger partial charge in [-0.3, -0.25) is 0 Å². The van der Waals surface area contributed by atoms with Gasteiger partial charge in [-0.05, 0) is 92.4 Å². The van der Waals surface area contributed by atoms with Gasteiger partial charge in [0.15, 0.2) is 0 Å². The van der Waals surface area contributed by atoms with E-state index in [-0.39, 0.29) is 0 Å². The molecule has 254 valence electrons. The van der Waals surface area contributed by atoms with Crippen molar-refractivity contribution in [2.45, 2.75) is 0 Å². The number of hydrogen-bond donors (Lipinski definition) is 0. The Hall–Kier alpha value is -7.16. The third-order valence-electron chi connectivity index (χ3n) is 10.5. The summed E-state index contributed by atoms with van der Waals surface area (Å²) in [6.07, 6.45) is 0. The molecule has 0 atom stereocenters. The lowest BCUT2D eigenvalue weighted by atomic mass is 9.90. The van der Waals surface area contributed by atoms with Crippen molar-refractivity contribution in [1.82, 2.24) is 0 Å². The topological polar surface area (TPSA) is 16.4 Å². The molecule has 10 aromatic rings. The van der Waals surface area contributed by atoms with Gasteiger partial charge in [0.2, 0.25) is 0 Å². The first-order valence-electron chi connectivity index (χ1n) is 18.4. The van der Waals surface area contributed by atoms with Gasteiger partial charge in [0, 0.05) is 22.1 Å². The van der Waals surface area contributed by atoms with Gasteiger partial charge >= 0.3 is 0 Å². The predicted octanol–water partition coefficient (Wildman–Crippen LogP) is 14.9. The lowest BCUT2D eigenvalue weighted by Gasteiger charge is -2.27. The van der Waals surface area contributed by atoms with Crippen molar-refractivity contribution in [3.05, 3.63) is 212 Å². The lowest BCUT2D eigenvalue weighted by molar-refractivity contribution is 0.672. The van der Waals surface area contributed by atoms with E-state index < -0.39 is 0 Å². The van der Waals surface area contributed by atoms with Crippen molar-refractivity contribution >= 4 is 49.8 Å². The molecular weight excluding hydrogens is 655 g/mol. The van der Waals surface area contributed by atoms with Crippen molar-refractivity contribution in [3.63, 3.8) is 0 Å². The highest BCUT2D eigenvalue weighted by molar-refractivity contribution is 6.23. The zero-order valence-corrected chi connectivity index (χ0v) is 29.6. The van der Waals surface area contributed by atoms with Crippen molar-refractivity contribution in [1.29, 1.82) is 0 Å². The second-order valence-corrected chi connectivity index (χ2v) is 13.7. The number of furan rings is 1. The molecule has 1 aromatic heterocycles. The molecule has 0 fully saturated rings. The number of fused-ring (bicyclic) bond motifs is 5. The van der Waals surface area contributed by atoms with Gasteiger partial charge in [-0.25, -0.2) is 0 Å². The average Bonchev–Trinajstić information content (AvgIpc) is 3.64. The van der Waals surface area contributed by atoms with Crippen LogP contribution in [-0.4, -0.2) is 0 Å². The highest BCUT2D eigenvalue weighted by atomic mass is 16.3. The molecule has 0 radical (unpaired) electrons. The molecule has 0 saturated carbocycles. The number of hydrogen-bond acceptors (Lipinski definition) is 2. The van der Waals surface area contributed by atoms with E-state index in [2.05, 4.69) is 217 Å². The molecule has 1 heterocycles. The first-order chi connectivity index (χ1) is 26.8. The molecule has 0 bridgehead atoms. The maximum absolute atomic E-state index is 6.88. The minimum atomic E-state index is 0.853. The summed E-state index contributed by atoms with van der Waals surface area (Å²) in [7, 11) is 0. The number of benzene rings is 9. The van der Waals surface area contributed by atoms with Gasteiger partial charge in [-0.2, -0.15) is 0 Å². The van der Waals surface area contributed by atoms with Crippen LogP contribution in [0.3, 0.4) is 0 Å². The standard InChI is InChI=1S/C52H35NO/c1-4-16-36(17-5-1)38-30-32-41(33-31-38)53(42-23-14-22-40(34-42)37-18-6-2-7-19-37)49-28-15-29-50-51(49)48-35-47(45-26-12-13-27-46(45)52(48)54-50)44-25-11-10-24-43(44)39-20-8-3-9-21-39/h1-35H. The van der Waals surface area contributed by atoms with Crippen LogP contribution in [0.4, 0.5) is 17.1 Å². The summed E-state index contributed by atoms with van der Waals surface area (Å²) in [5, 5.41) is 4.42. The molecule has 0 aliphatic carbocycles. The molecule has 0 unspecified atom stereocenters. The first kappa shape index (κ1) is 31.6. The Morgan fingerprint density at radius 1 is 0.315 bits per heavy atom. The monoisotopic (exact) mass is 689 g/mol. The molecule has 54 heavy (non-hydrogen) atoms. The van der Waals surface area contributed by atoms with Crippen LogP contribution >= 0.6 is 0 Å². The molecule has 0 amide bonds. The van der Waals surface area contributed by atoms with Gasteiger partial charge in [-0.15, -0.1) is 0 Å². The molecule has 9 aromatic carbocycles. The Morgan fingerprint density at radius 2 is 0.870 bits per heavy atom. The Bertz CT molecular complexity index is 2910. The molecular formula is C52H35NO. The summed E-state index contributed by atoms with van der Waals surface area (Å²) >= 11 is 0. The largest absolute Gasteiger partial charge is 0.455 e. The summed E-state index contributed by atoms with van der Waals surface area (Å²) in [5.74, 6) is 0. The van der Waals surface area contributed by atoms with Gasteiger partial charge in [0.25, 0.3) is 0 Å². The van der Waals surface area contributed by atoms with Gasteiger partial charge < -0.3 is 9.32 Å². The maximum atomic E-state index is 6.88. The van der Waals surface area contributed by atoms with Gasteiger partial charge in [0.05, 0.1) is 11.1 Å². The molecule has 0 N–H and O–H groups in total. The second-order valence-electron chi connectivity index (χ2n) is 13.7. The fourth-order valence-electron chi connectivity index (χ4n) is 7.94. The molecule has 0 aliphatic rings. The molecule has 0 saturated heterocycles. The van der Waals surface area contributed by atoms with Gasteiger partial charge in [0.1, 0.15) is 11.2 Å². The smallest absolute Gasteiger partial charge is 0.143 e. The Morgan fingerprint density at radius 3 is 1.59 bits per heavy atom. The van der Waals surface area contributed by atoms with Crippen LogP contribution in [0, 0.1) is 0 Å².